The third-order valence-corrected chi connectivity index (χ3v) is 5.37. The summed E-state index contributed by atoms with van der Waals surface area (Å²) in [6, 6.07) is 13.6. The minimum atomic E-state index is 0.257. The Hall–Kier alpha value is -1.58. The number of hydrogen-bond acceptors (Lipinski definition) is 3. The summed E-state index contributed by atoms with van der Waals surface area (Å²) in [6.07, 6.45) is 7.84. The molecule has 1 atom stereocenters. The molecule has 128 valence electrons. The third kappa shape index (κ3) is 3.57. The van der Waals surface area contributed by atoms with Crippen molar-refractivity contribution in [3.8, 4) is 5.75 Å². The van der Waals surface area contributed by atoms with Gasteiger partial charge >= 0.3 is 0 Å². The normalized spacial score (nSPS) is 21.6. The molecule has 0 aromatic heterocycles. The maximum atomic E-state index is 6.18. The summed E-state index contributed by atoms with van der Waals surface area (Å²) in [7, 11) is 0. The fourth-order valence-electron chi connectivity index (χ4n) is 3.97. The summed E-state index contributed by atoms with van der Waals surface area (Å²) in [6.45, 7) is 2.42. The van der Waals surface area contributed by atoms with E-state index < -0.39 is 0 Å². The quantitative estimate of drug-likeness (QED) is 0.852. The van der Waals surface area contributed by atoms with E-state index in [4.69, 9.17) is 9.47 Å². The minimum absolute atomic E-state index is 0.257. The van der Waals surface area contributed by atoms with Gasteiger partial charge in [-0.3, -0.25) is 0 Å². The van der Waals surface area contributed by atoms with Gasteiger partial charge in [0.25, 0.3) is 0 Å². The van der Waals surface area contributed by atoms with Crippen LogP contribution >= 0.6 is 0 Å². The highest BCUT2D eigenvalue weighted by molar-refractivity contribution is 5.87. The Morgan fingerprint density at radius 1 is 1.00 bits per heavy atom. The Labute approximate surface area is 144 Å². The van der Waals surface area contributed by atoms with Crippen molar-refractivity contribution in [2.24, 2.45) is 0 Å². The SMILES string of the molecule is c1ccc2c(CNC3CCCC3)c(OCC3CCCO3)ccc2c1. The van der Waals surface area contributed by atoms with E-state index >= 15 is 0 Å². The van der Waals surface area contributed by atoms with Gasteiger partial charge in [0.1, 0.15) is 12.4 Å². The maximum absolute atomic E-state index is 6.18. The fourth-order valence-corrected chi connectivity index (χ4v) is 3.97. The minimum Gasteiger partial charge on any atom is -0.491 e. The van der Waals surface area contributed by atoms with Crippen LogP contribution in [0.15, 0.2) is 36.4 Å². The van der Waals surface area contributed by atoms with E-state index in [1.807, 2.05) is 0 Å². The highest BCUT2D eigenvalue weighted by atomic mass is 16.5. The molecule has 3 nitrogen and oxygen atoms in total. The smallest absolute Gasteiger partial charge is 0.124 e. The van der Waals surface area contributed by atoms with Crippen LogP contribution in [0.25, 0.3) is 10.8 Å². The Kier molecular flexibility index (Phi) is 5.00. The molecule has 1 N–H and O–H groups in total. The second kappa shape index (κ2) is 7.54. The van der Waals surface area contributed by atoms with E-state index in [0.717, 1.165) is 31.7 Å². The Bertz CT molecular complexity index is 673. The van der Waals surface area contributed by atoms with Crippen molar-refractivity contribution in [3.05, 3.63) is 42.0 Å². The summed E-state index contributed by atoms with van der Waals surface area (Å²) in [4.78, 5) is 0. The molecule has 2 aromatic carbocycles. The molecular formula is C21H27NO2. The van der Waals surface area contributed by atoms with E-state index in [9.17, 15) is 0 Å². The molecule has 2 aromatic rings. The lowest BCUT2D eigenvalue weighted by molar-refractivity contribution is 0.0676. The van der Waals surface area contributed by atoms with Crippen molar-refractivity contribution in [1.29, 1.82) is 0 Å². The molecule has 1 unspecified atom stereocenters. The number of fused-ring (bicyclic) bond motifs is 1. The number of nitrogens with one attached hydrogen (secondary N) is 1. The number of hydrogen-bond donors (Lipinski definition) is 1. The average molecular weight is 325 g/mol. The standard InChI is InChI=1S/C21H27NO2/c1-4-10-19-16(6-1)11-12-21(24-15-18-9-5-13-23-18)20(19)14-22-17-7-2-3-8-17/h1,4,6,10-12,17-18,22H,2-3,5,7-9,13-15H2. The first-order valence-corrected chi connectivity index (χ1v) is 9.38. The predicted octanol–water partition coefficient (Wildman–Crippen LogP) is 4.43. The van der Waals surface area contributed by atoms with Gasteiger partial charge in [0.2, 0.25) is 0 Å². The summed E-state index contributed by atoms with van der Waals surface area (Å²) in [5, 5.41) is 6.33. The van der Waals surface area contributed by atoms with Gasteiger partial charge in [-0.25, -0.2) is 0 Å². The zero-order chi connectivity index (χ0) is 16.2. The molecule has 1 aliphatic carbocycles. The lowest BCUT2D eigenvalue weighted by Gasteiger charge is -2.19. The van der Waals surface area contributed by atoms with Crippen LogP contribution in [0.4, 0.5) is 0 Å². The zero-order valence-corrected chi connectivity index (χ0v) is 14.3. The first kappa shape index (κ1) is 15.9. The first-order chi connectivity index (χ1) is 11.9. The van der Waals surface area contributed by atoms with Crippen LogP contribution in [-0.2, 0) is 11.3 Å². The Morgan fingerprint density at radius 2 is 1.88 bits per heavy atom. The average Bonchev–Trinajstić information content (AvgIpc) is 3.32. The van der Waals surface area contributed by atoms with Gasteiger partial charge in [-0.2, -0.15) is 0 Å². The summed E-state index contributed by atoms with van der Waals surface area (Å²) in [5.74, 6) is 1.01. The molecule has 4 rings (SSSR count). The van der Waals surface area contributed by atoms with Gasteiger partial charge in [-0.1, -0.05) is 43.2 Å². The molecule has 0 bridgehead atoms. The number of rotatable bonds is 6. The largest absolute Gasteiger partial charge is 0.491 e. The van der Waals surface area contributed by atoms with Crippen LogP contribution in [-0.4, -0.2) is 25.4 Å². The molecule has 0 spiro atoms. The van der Waals surface area contributed by atoms with Crippen molar-refractivity contribution in [2.75, 3.05) is 13.2 Å². The topological polar surface area (TPSA) is 30.5 Å². The van der Waals surface area contributed by atoms with Crippen LogP contribution in [0, 0.1) is 0 Å². The molecule has 3 heteroatoms. The van der Waals surface area contributed by atoms with Crippen LogP contribution < -0.4 is 10.1 Å². The van der Waals surface area contributed by atoms with Crippen molar-refractivity contribution < 1.29 is 9.47 Å². The van der Waals surface area contributed by atoms with E-state index in [-0.39, 0.29) is 6.10 Å². The second-order valence-electron chi connectivity index (χ2n) is 7.07. The monoisotopic (exact) mass is 325 g/mol. The van der Waals surface area contributed by atoms with Gasteiger partial charge in [0.05, 0.1) is 6.10 Å². The van der Waals surface area contributed by atoms with Crippen molar-refractivity contribution in [3.63, 3.8) is 0 Å². The van der Waals surface area contributed by atoms with Gasteiger partial charge in [0, 0.05) is 24.8 Å². The molecule has 2 aliphatic rings. The highest BCUT2D eigenvalue weighted by Crippen LogP contribution is 2.29. The van der Waals surface area contributed by atoms with Gasteiger partial charge in [0.15, 0.2) is 0 Å². The molecule has 0 amide bonds. The van der Waals surface area contributed by atoms with Crippen LogP contribution in [0.1, 0.15) is 44.1 Å². The second-order valence-corrected chi connectivity index (χ2v) is 7.07. The lowest BCUT2D eigenvalue weighted by atomic mass is 10.0. The summed E-state index contributed by atoms with van der Waals surface area (Å²) >= 11 is 0. The molecule has 1 heterocycles. The van der Waals surface area contributed by atoms with Gasteiger partial charge in [-0.05, 0) is 42.5 Å². The van der Waals surface area contributed by atoms with E-state index in [2.05, 4.69) is 41.7 Å². The van der Waals surface area contributed by atoms with Crippen molar-refractivity contribution >= 4 is 10.8 Å². The molecule has 24 heavy (non-hydrogen) atoms. The molecule has 1 saturated carbocycles. The fraction of sp³-hybridized carbons (Fsp3) is 0.524. The van der Waals surface area contributed by atoms with Crippen LogP contribution in [0.2, 0.25) is 0 Å². The van der Waals surface area contributed by atoms with E-state index in [1.165, 1.54) is 42.0 Å². The number of ether oxygens (including phenoxy) is 2. The Balaban J connectivity index is 1.54. The van der Waals surface area contributed by atoms with Gasteiger partial charge < -0.3 is 14.8 Å². The predicted molar refractivity (Wildman–Crippen MR) is 97.5 cm³/mol. The Morgan fingerprint density at radius 3 is 2.71 bits per heavy atom. The molecular weight excluding hydrogens is 298 g/mol. The molecule has 0 radical (unpaired) electrons. The summed E-state index contributed by atoms with van der Waals surface area (Å²) in [5.41, 5.74) is 1.29. The van der Waals surface area contributed by atoms with Crippen LogP contribution in [0.3, 0.4) is 0 Å². The molecule has 1 aliphatic heterocycles. The molecule has 1 saturated heterocycles. The lowest BCUT2D eigenvalue weighted by Crippen LogP contribution is -2.26. The summed E-state index contributed by atoms with van der Waals surface area (Å²) < 4.78 is 11.9. The maximum Gasteiger partial charge on any atom is 0.124 e. The van der Waals surface area contributed by atoms with E-state index in [0.29, 0.717) is 12.6 Å². The first-order valence-electron chi connectivity index (χ1n) is 9.38. The van der Waals surface area contributed by atoms with Crippen molar-refractivity contribution in [2.45, 2.75) is 57.2 Å². The molecule has 2 fully saturated rings. The van der Waals surface area contributed by atoms with Crippen molar-refractivity contribution in [1.82, 2.24) is 5.32 Å². The third-order valence-electron chi connectivity index (χ3n) is 5.37. The highest BCUT2D eigenvalue weighted by Gasteiger charge is 2.19. The van der Waals surface area contributed by atoms with E-state index in [1.54, 1.807) is 0 Å². The number of benzene rings is 2. The van der Waals surface area contributed by atoms with Crippen LogP contribution in [0.5, 0.6) is 5.75 Å². The zero-order valence-electron chi connectivity index (χ0n) is 14.3. The van der Waals surface area contributed by atoms with Gasteiger partial charge in [-0.15, -0.1) is 0 Å².